The van der Waals surface area contributed by atoms with E-state index in [1.165, 1.54) is 6.42 Å². The second kappa shape index (κ2) is 5.99. The third kappa shape index (κ3) is 3.67. The molecule has 2 heterocycles. The lowest BCUT2D eigenvalue weighted by Gasteiger charge is -2.17. The highest BCUT2D eigenvalue weighted by molar-refractivity contribution is 5.85. The molecule has 0 radical (unpaired) electrons. The van der Waals surface area contributed by atoms with Gasteiger partial charge in [0.1, 0.15) is 0 Å². The average Bonchev–Trinajstić information content (AvgIpc) is 2.86. The Balaban J connectivity index is 0.00000162. The van der Waals surface area contributed by atoms with Crippen molar-refractivity contribution in [3.05, 3.63) is 11.9 Å². The quantitative estimate of drug-likeness (QED) is 0.900. The number of likely N-dealkylation sites (tertiary alicyclic amines) is 1. The van der Waals surface area contributed by atoms with Crippen LogP contribution in [0.25, 0.3) is 0 Å². The lowest BCUT2D eigenvalue weighted by atomic mass is 10.1. The Morgan fingerprint density at radius 3 is 2.67 bits per heavy atom. The third-order valence-corrected chi connectivity index (χ3v) is 3.29. The average molecular weight is 274 g/mol. The zero-order valence-electron chi connectivity index (χ0n) is 11.7. The first-order valence-electron chi connectivity index (χ1n) is 6.30. The molecule has 1 saturated heterocycles. The molecule has 0 aromatic carbocycles. The van der Waals surface area contributed by atoms with E-state index >= 15 is 0 Å². The van der Waals surface area contributed by atoms with Crippen LogP contribution >= 0.6 is 12.4 Å². The van der Waals surface area contributed by atoms with Crippen molar-refractivity contribution in [1.29, 1.82) is 0 Å². The van der Waals surface area contributed by atoms with Crippen LogP contribution < -0.4 is 5.32 Å². The van der Waals surface area contributed by atoms with Gasteiger partial charge in [-0.25, -0.2) is 4.68 Å². The van der Waals surface area contributed by atoms with Gasteiger partial charge in [-0.3, -0.25) is 4.90 Å². The van der Waals surface area contributed by atoms with Gasteiger partial charge in [0.25, 0.3) is 0 Å². The Morgan fingerprint density at radius 1 is 1.44 bits per heavy atom. The Hall–Kier alpha value is -0.650. The van der Waals surface area contributed by atoms with E-state index in [1.807, 2.05) is 11.7 Å². The molecule has 1 N–H and O–H groups in total. The van der Waals surface area contributed by atoms with Crippen molar-refractivity contribution in [3.63, 3.8) is 0 Å². The first-order chi connectivity index (χ1) is 7.99. The molecule has 5 nitrogen and oxygen atoms in total. The van der Waals surface area contributed by atoms with Crippen molar-refractivity contribution in [2.45, 2.75) is 45.3 Å². The van der Waals surface area contributed by atoms with Crippen LogP contribution in [-0.2, 0) is 12.1 Å². The highest BCUT2D eigenvalue weighted by atomic mass is 35.5. The van der Waals surface area contributed by atoms with Gasteiger partial charge in [-0.15, -0.1) is 17.5 Å². The Kier molecular flexibility index (Phi) is 5.13. The van der Waals surface area contributed by atoms with Gasteiger partial charge < -0.3 is 5.32 Å². The number of halogens is 1. The lowest BCUT2D eigenvalue weighted by molar-refractivity contribution is 0.318. The normalized spacial score (nSPS) is 21.0. The number of likely N-dealkylation sites (N-methyl/N-ethyl adjacent to an activating group) is 1. The standard InChI is InChI=1S/C12H23N5.ClH/c1-12(2,3)17-9-11(14-15-17)8-16-6-5-10(7-16)13-4;/h9-10,13H,5-8H2,1-4H3;1H. The Labute approximate surface area is 115 Å². The van der Waals surface area contributed by atoms with Gasteiger partial charge in [0, 0.05) is 25.7 Å². The predicted molar refractivity (Wildman–Crippen MR) is 75.0 cm³/mol. The van der Waals surface area contributed by atoms with Crippen LogP contribution in [0.1, 0.15) is 32.9 Å². The van der Waals surface area contributed by atoms with Gasteiger partial charge in [-0.05, 0) is 34.2 Å². The molecule has 1 fully saturated rings. The smallest absolute Gasteiger partial charge is 0.0967 e. The van der Waals surface area contributed by atoms with Gasteiger partial charge in [0.15, 0.2) is 0 Å². The van der Waals surface area contributed by atoms with E-state index in [1.54, 1.807) is 0 Å². The minimum Gasteiger partial charge on any atom is -0.316 e. The largest absolute Gasteiger partial charge is 0.316 e. The number of nitrogens with one attached hydrogen (secondary N) is 1. The second-order valence-electron chi connectivity index (χ2n) is 5.83. The molecule has 0 bridgehead atoms. The fraction of sp³-hybridized carbons (Fsp3) is 0.833. The first kappa shape index (κ1) is 15.4. The number of hydrogen-bond donors (Lipinski definition) is 1. The summed E-state index contributed by atoms with van der Waals surface area (Å²) in [5.74, 6) is 0. The fourth-order valence-corrected chi connectivity index (χ4v) is 2.14. The molecular weight excluding hydrogens is 250 g/mol. The molecule has 0 amide bonds. The molecule has 1 aromatic heterocycles. The van der Waals surface area contributed by atoms with E-state index in [2.05, 4.69) is 47.5 Å². The Bertz CT molecular complexity index is 371. The van der Waals surface area contributed by atoms with Crippen molar-refractivity contribution in [1.82, 2.24) is 25.2 Å². The molecule has 0 aliphatic carbocycles. The summed E-state index contributed by atoms with van der Waals surface area (Å²) in [6.45, 7) is 9.58. The van der Waals surface area contributed by atoms with E-state index in [-0.39, 0.29) is 17.9 Å². The molecule has 1 atom stereocenters. The van der Waals surface area contributed by atoms with Crippen LogP contribution in [0.15, 0.2) is 6.20 Å². The van der Waals surface area contributed by atoms with Crippen molar-refractivity contribution < 1.29 is 0 Å². The highest BCUT2D eigenvalue weighted by Gasteiger charge is 2.22. The van der Waals surface area contributed by atoms with Crippen LogP contribution in [0.2, 0.25) is 0 Å². The molecule has 1 aliphatic rings. The van der Waals surface area contributed by atoms with Crippen molar-refractivity contribution in [2.24, 2.45) is 0 Å². The molecular formula is C12H24ClN5. The minimum atomic E-state index is 0. The number of hydrogen-bond acceptors (Lipinski definition) is 4. The maximum Gasteiger partial charge on any atom is 0.0967 e. The second-order valence-corrected chi connectivity index (χ2v) is 5.83. The zero-order valence-corrected chi connectivity index (χ0v) is 12.5. The summed E-state index contributed by atoms with van der Waals surface area (Å²) < 4.78 is 1.94. The molecule has 1 unspecified atom stereocenters. The van der Waals surface area contributed by atoms with E-state index in [0.29, 0.717) is 6.04 Å². The van der Waals surface area contributed by atoms with Crippen LogP contribution in [-0.4, -0.2) is 46.1 Å². The SMILES string of the molecule is CNC1CCN(Cc2cn(C(C)(C)C)nn2)C1.Cl. The summed E-state index contributed by atoms with van der Waals surface area (Å²) in [5.41, 5.74) is 1.08. The van der Waals surface area contributed by atoms with Crippen LogP contribution in [0.4, 0.5) is 0 Å². The maximum atomic E-state index is 4.25. The monoisotopic (exact) mass is 273 g/mol. The molecule has 104 valence electrons. The maximum absolute atomic E-state index is 4.25. The molecule has 1 aromatic rings. The van der Waals surface area contributed by atoms with Crippen molar-refractivity contribution in [3.8, 4) is 0 Å². The number of aromatic nitrogens is 3. The van der Waals surface area contributed by atoms with Gasteiger partial charge in [-0.1, -0.05) is 5.21 Å². The molecule has 18 heavy (non-hydrogen) atoms. The topological polar surface area (TPSA) is 46.0 Å². The number of nitrogens with zero attached hydrogens (tertiary/aromatic N) is 4. The van der Waals surface area contributed by atoms with Crippen LogP contribution in [0.3, 0.4) is 0 Å². The first-order valence-corrected chi connectivity index (χ1v) is 6.30. The van der Waals surface area contributed by atoms with Gasteiger partial charge in [0.2, 0.25) is 0 Å². The summed E-state index contributed by atoms with van der Waals surface area (Å²) in [6, 6.07) is 0.632. The van der Waals surface area contributed by atoms with Crippen molar-refractivity contribution >= 4 is 12.4 Å². The summed E-state index contributed by atoms with van der Waals surface area (Å²) in [4.78, 5) is 2.43. The van der Waals surface area contributed by atoms with E-state index < -0.39 is 0 Å². The predicted octanol–water partition coefficient (Wildman–Crippen LogP) is 1.25. The molecule has 1 aliphatic heterocycles. The molecule has 0 spiro atoms. The van der Waals surface area contributed by atoms with E-state index in [4.69, 9.17) is 0 Å². The lowest BCUT2D eigenvalue weighted by Crippen LogP contribution is -2.29. The zero-order chi connectivity index (χ0) is 12.5. The summed E-state index contributed by atoms with van der Waals surface area (Å²) >= 11 is 0. The summed E-state index contributed by atoms with van der Waals surface area (Å²) in [6.07, 6.45) is 3.29. The van der Waals surface area contributed by atoms with Gasteiger partial charge in [-0.2, -0.15) is 0 Å². The fourth-order valence-electron chi connectivity index (χ4n) is 2.14. The molecule has 6 heteroatoms. The van der Waals surface area contributed by atoms with Crippen LogP contribution in [0.5, 0.6) is 0 Å². The van der Waals surface area contributed by atoms with E-state index in [9.17, 15) is 0 Å². The Morgan fingerprint density at radius 2 is 2.17 bits per heavy atom. The minimum absolute atomic E-state index is 0. The van der Waals surface area contributed by atoms with E-state index in [0.717, 1.165) is 25.3 Å². The molecule has 2 rings (SSSR count). The summed E-state index contributed by atoms with van der Waals surface area (Å²) in [5, 5.41) is 11.8. The van der Waals surface area contributed by atoms with Crippen LogP contribution in [0, 0.1) is 0 Å². The molecule has 0 saturated carbocycles. The van der Waals surface area contributed by atoms with Gasteiger partial charge in [0.05, 0.1) is 17.4 Å². The third-order valence-electron chi connectivity index (χ3n) is 3.29. The highest BCUT2D eigenvalue weighted by Crippen LogP contribution is 2.15. The van der Waals surface area contributed by atoms with Gasteiger partial charge >= 0.3 is 0 Å². The number of rotatable bonds is 3. The van der Waals surface area contributed by atoms with Crippen molar-refractivity contribution in [2.75, 3.05) is 20.1 Å². The summed E-state index contributed by atoms with van der Waals surface area (Å²) in [7, 11) is 2.03.